The highest BCUT2D eigenvalue weighted by Gasteiger charge is 2.29. The summed E-state index contributed by atoms with van der Waals surface area (Å²) in [6.45, 7) is 0. The van der Waals surface area contributed by atoms with E-state index in [1.54, 1.807) is 11.1 Å². The lowest BCUT2D eigenvalue weighted by Crippen LogP contribution is -2.42. The smallest absolute Gasteiger partial charge is 0.0252 e. The van der Waals surface area contributed by atoms with Crippen molar-refractivity contribution in [2.45, 2.75) is 44.1 Å². The van der Waals surface area contributed by atoms with Crippen molar-refractivity contribution >= 4 is 11.8 Å². The summed E-state index contributed by atoms with van der Waals surface area (Å²) in [4.78, 5) is 0. The zero-order valence-electron chi connectivity index (χ0n) is 11.5. The SMILES string of the molecule is NNC(CC1CCCc2ccccc21)C1CCSC1. The van der Waals surface area contributed by atoms with Crippen LogP contribution in [0.4, 0.5) is 0 Å². The van der Waals surface area contributed by atoms with Crippen molar-refractivity contribution in [2.24, 2.45) is 11.8 Å². The first-order valence-electron chi connectivity index (χ1n) is 7.50. The maximum atomic E-state index is 5.83. The molecule has 1 aromatic rings. The van der Waals surface area contributed by atoms with Gasteiger partial charge in [0.1, 0.15) is 0 Å². The first-order valence-corrected chi connectivity index (χ1v) is 8.65. The summed E-state index contributed by atoms with van der Waals surface area (Å²) < 4.78 is 0. The molecule has 2 nitrogen and oxygen atoms in total. The highest BCUT2D eigenvalue weighted by Crippen LogP contribution is 2.37. The first kappa shape index (κ1) is 13.5. The van der Waals surface area contributed by atoms with Gasteiger partial charge in [0, 0.05) is 6.04 Å². The van der Waals surface area contributed by atoms with E-state index in [2.05, 4.69) is 41.5 Å². The van der Waals surface area contributed by atoms with E-state index in [1.165, 1.54) is 43.6 Å². The zero-order valence-corrected chi connectivity index (χ0v) is 12.3. The molecule has 3 heteroatoms. The molecule has 0 spiro atoms. The molecule has 1 aromatic carbocycles. The Labute approximate surface area is 120 Å². The minimum Gasteiger partial charge on any atom is -0.271 e. The molecule has 1 heterocycles. The molecule has 1 aliphatic carbocycles. The Morgan fingerprint density at radius 2 is 2.21 bits per heavy atom. The number of hydrogen-bond donors (Lipinski definition) is 2. The predicted molar refractivity (Wildman–Crippen MR) is 83.3 cm³/mol. The molecular formula is C16H24N2S. The predicted octanol–water partition coefficient (Wildman–Crippen LogP) is 3.08. The lowest BCUT2D eigenvalue weighted by atomic mass is 9.78. The third-order valence-corrected chi connectivity index (χ3v) is 5.97. The van der Waals surface area contributed by atoms with Gasteiger partial charge in [-0.2, -0.15) is 11.8 Å². The van der Waals surface area contributed by atoms with Gasteiger partial charge >= 0.3 is 0 Å². The second kappa shape index (κ2) is 6.29. The van der Waals surface area contributed by atoms with Gasteiger partial charge in [-0.1, -0.05) is 24.3 Å². The van der Waals surface area contributed by atoms with Crippen molar-refractivity contribution in [3.8, 4) is 0 Å². The number of rotatable bonds is 4. The Kier molecular flexibility index (Phi) is 4.46. The molecule has 1 aliphatic heterocycles. The minimum atomic E-state index is 0.492. The van der Waals surface area contributed by atoms with E-state index < -0.39 is 0 Å². The number of nitrogens with two attached hydrogens (primary N) is 1. The monoisotopic (exact) mass is 276 g/mol. The van der Waals surface area contributed by atoms with Crippen molar-refractivity contribution in [3.63, 3.8) is 0 Å². The number of benzene rings is 1. The van der Waals surface area contributed by atoms with Crippen LogP contribution in [0.15, 0.2) is 24.3 Å². The lowest BCUT2D eigenvalue weighted by Gasteiger charge is -2.31. The van der Waals surface area contributed by atoms with Gasteiger partial charge < -0.3 is 0 Å². The summed E-state index contributed by atoms with van der Waals surface area (Å²) in [6, 6.07) is 9.49. The van der Waals surface area contributed by atoms with Crippen molar-refractivity contribution in [2.75, 3.05) is 11.5 Å². The molecule has 3 atom stereocenters. The van der Waals surface area contributed by atoms with E-state index in [0.29, 0.717) is 12.0 Å². The molecule has 0 saturated carbocycles. The fourth-order valence-corrected chi connectivity index (χ4v) is 5.01. The van der Waals surface area contributed by atoms with Crippen LogP contribution in [0, 0.1) is 5.92 Å². The van der Waals surface area contributed by atoms with Crippen molar-refractivity contribution in [3.05, 3.63) is 35.4 Å². The normalized spacial score (nSPS) is 28.1. The molecule has 3 rings (SSSR count). The van der Waals surface area contributed by atoms with Crippen LogP contribution < -0.4 is 11.3 Å². The van der Waals surface area contributed by atoms with E-state index in [4.69, 9.17) is 5.84 Å². The Hall–Kier alpha value is -0.510. The molecule has 0 radical (unpaired) electrons. The molecule has 0 aromatic heterocycles. The number of hydrogen-bond acceptors (Lipinski definition) is 3. The summed E-state index contributed by atoms with van der Waals surface area (Å²) in [5, 5.41) is 0. The van der Waals surface area contributed by atoms with Crippen LogP contribution in [-0.4, -0.2) is 17.5 Å². The third-order valence-electron chi connectivity index (χ3n) is 4.78. The van der Waals surface area contributed by atoms with Gasteiger partial charge in [0.25, 0.3) is 0 Å². The summed E-state index contributed by atoms with van der Waals surface area (Å²) in [7, 11) is 0. The maximum Gasteiger partial charge on any atom is 0.0252 e. The van der Waals surface area contributed by atoms with Crippen molar-refractivity contribution < 1.29 is 0 Å². The van der Waals surface area contributed by atoms with Crippen molar-refractivity contribution in [1.82, 2.24) is 5.43 Å². The van der Waals surface area contributed by atoms with Crippen molar-refractivity contribution in [1.29, 1.82) is 0 Å². The van der Waals surface area contributed by atoms with E-state index in [1.807, 2.05) is 0 Å². The van der Waals surface area contributed by atoms with Crippen LogP contribution in [-0.2, 0) is 6.42 Å². The second-order valence-corrected chi connectivity index (χ2v) is 7.07. The molecule has 3 N–H and O–H groups in total. The van der Waals surface area contributed by atoms with Crippen LogP contribution in [0.2, 0.25) is 0 Å². The molecule has 19 heavy (non-hydrogen) atoms. The average molecular weight is 276 g/mol. The molecular weight excluding hydrogens is 252 g/mol. The van der Waals surface area contributed by atoms with Gasteiger partial charge in [-0.15, -0.1) is 0 Å². The number of thioether (sulfide) groups is 1. The average Bonchev–Trinajstić information content (AvgIpc) is 2.99. The topological polar surface area (TPSA) is 38.0 Å². The van der Waals surface area contributed by atoms with Crippen LogP contribution in [0.25, 0.3) is 0 Å². The molecule has 0 bridgehead atoms. The number of nitrogens with one attached hydrogen (secondary N) is 1. The van der Waals surface area contributed by atoms with E-state index in [9.17, 15) is 0 Å². The van der Waals surface area contributed by atoms with Crippen LogP contribution in [0.1, 0.15) is 42.7 Å². The quantitative estimate of drug-likeness (QED) is 0.655. The Balaban J connectivity index is 1.72. The highest BCUT2D eigenvalue weighted by molar-refractivity contribution is 7.99. The van der Waals surface area contributed by atoms with Gasteiger partial charge in [-0.3, -0.25) is 11.3 Å². The van der Waals surface area contributed by atoms with E-state index >= 15 is 0 Å². The van der Waals surface area contributed by atoms with Gasteiger partial charge in [0.05, 0.1) is 0 Å². The number of aryl methyl sites for hydroxylation is 1. The molecule has 1 saturated heterocycles. The first-order chi connectivity index (χ1) is 9.38. The minimum absolute atomic E-state index is 0.492. The van der Waals surface area contributed by atoms with E-state index in [0.717, 1.165) is 5.92 Å². The zero-order chi connectivity index (χ0) is 13.1. The molecule has 3 unspecified atom stereocenters. The summed E-state index contributed by atoms with van der Waals surface area (Å²) in [5.41, 5.74) is 6.26. The van der Waals surface area contributed by atoms with Crippen LogP contribution in [0.3, 0.4) is 0 Å². The van der Waals surface area contributed by atoms with Crippen LogP contribution in [0.5, 0.6) is 0 Å². The van der Waals surface area contributed by atoms with E-state index in [-0.39, 0.29) is 0 Å². The molecule has 2 aliphatic rings. The number of fused-ring (bicyclic) bond motifs is 1. The summed E-state index contributed by atoms with van der Waals surface area (Å²) in [5.74, 6) is 9.89. The summed E-state index contributed by atoms with van der Waals surface area (Å²) >= 11 is 2.08. The Morgan fingerprint density at radius 3 is 3.00 bits per heavy atom. The maximum absolute atomic E-state index is 5.83. The number of hydrazine groups is 1. The largest absolute Gasteiger partial charge is 0.271 e. The van der Waals surface area contributed by atoms with Gasteiger partial charge in [0.2, 0.25) is 0 Å². The molecule has 0 amide bonds. The van der Waals surface area contributed by atoms with Gasteiger partial charge in [0.15, 0.2) is 0 Å². The van der Waals surface area contributed by atoms with Crippen LogP contribution >= 0.6 is 11.8 Å². The fraction of sp³-hybridized carbons (Fsp3) is 0.625. The lowest BCUT2D eigenvalue weighted by molar-refractivity contribution is 0.331. The Bertz CT molecular complexity index is 415. The third kappa shape index (κ3) is 2.99. The highest BCUT2D eigenvalue weighted by atomic mass is 32.2. The van der Waals surface area contributed by atoms with Gasteiger partial charge in [-0.25, -0.2) is 0 Å². The standard InChI is InChI=1S/C16H24N2S/c17-18-16(14-8-9-19-11-14)10-13-6-3-5-12-4-1-2-7-15(12)13/h1-2,4,7,13-14,16,18H,3,5-6,8-11,17H2. The second-order valence-electron chi connectivity index (χ2n) is 5.92. The summed E-state index contributed by atoms with van der Waals surface area (Å²) in [6.07, 6.45) is 6.45. The molecule has 104 valence electrons. The fourth-order valence-electron chi connectivity index (χ4n) is 3.67. The van der Waals surface area contributed by atoms with Gasteiger partial charge in [-0.05, 0) is 66.6 Å². The molecule has 1 fully saturated rings. The Morgan fingerprint density at radius 1 is 1.32 bits per heavy atom.